The van der Waals surface area contributed by atoms with Crippen LogP contribution in [-0.2, 0) is 4.79 Å². The lowest BCUT2D eigenvalue weighted by Gasteiger charge is -2.31. The lowest BCUT2D eigenvalue weighted by Crippen LogP contribution is -2.49. The van der Waals surface area contributed by atoms with Gasteiger partial charge in [0, 0.05) is 12.6 Å². The third kappa shape index (κ3) is 2.76. The highest BCUT2D eigenvalue weighted by atomic mass is 16.2. The molecule has 94 valence electrons. The van der Waals surface area contributed by atoms with Crippen LogP contribution in [0, 0.1) is 11.8 Å². The second-order valence-electron chi connectivity index (χ2n) is 5.40. The van der Waals surface area contributed by atoms with Crippen LogP contribution in [0.1, 0.15) is 47.0 Å². The van der Waals surface area contributed by atoms with E-state index in [2.05, 4.69) is 27.7 Å². The molecule has 1 amide bonds. The second kappa shape index (κ2) is 5.67. The second-order valence-corrected chi connectivity index (χ2v) is 5.40. The van der Waals surface area contributed by atoms with E-state index in [9.17, 15) is 4.79 Å². The molecule has 3 nitrogen and oxygen atoms in total. The van der Waals surface area contributed by atoms with Crippen molar-refractivity contribution in [1.82, 2.24) is 4.90 Å². The van der Waals surface area contributed by atoms with E-state index in [0.717, 1.165) is 25.8 Å². The molecule has 0 aromatic heterocycles. The first-order chi connectivity index (χ1) is 7.49. The molecule has 1 saturated heterocycles. The Morgan fingerprint density at radius 1 is 1.44 bits per heavy atom. The van der Waals surface area contributed by atoms with Crippen molar-refractivity contribution in [3.63, 3.8) is 0 Å². The highest BCUT2D eigenvalue weighted by molar-refractivity contribution is 5.82. The van der Waals surface area contributed by atoms with E-state index in [0.29, 0.717) is 12.0 Å². The van der Waals surface area contributed by atoms with Crippen LogP contribution in [0.5, 0.6) is 0 Å². The molecule has 2 N–H and O–H groups in total. The lowest BCUT2D eigenvalue weighted by atomic mass is 9.97. The summed E-state index contributed by atoms with van der Waals surface area (Å²) in [5.41, 5.74) is 6.02. The summed E-state index contributed by atoms with van der Waals surface area (Å²) in [4.78, 5) is 14.3. The molecule has 1 aliphatic heterocycles. The minimum Gasteiger partial charge on any atom is -0.338 e. The van der Waals surface area contributed by atoms with Gasteiger partial charge >= 0.3 is 0 Å². The number of hydrogen-bond donors (Lipinski definition) is 1. The van der Waals surface area contributed by atoms with Gasteiger partial charge in [0.15, 0.2) is 0 Å². The van der Waals surface area contributed by atoms with Gasteiger partial charge in [-0.1, -0.05) is 34.1 Å². The van der Waals surface area contributed by atoms with Gasteiger partial charge in [-0.15, -0.1) is 0 Å². The summed E-state index contributed by atoms with van der Waals surface area (Å²) in [6, 6.07) is 0.0898. The maximum absolute atomic E-state index is 12.3. The van der Waals surface area contributed by atoms with Crippen LogP contribution < -0.4 is 5.73 Å². The van der Waals surface area contributed by atoms with Crippen molar-refractivity contribution >= 4 is 5.91 Å². The fourth-order valence-electron chi connectivity index (χ4n) is 2.45. The summed E-state index contributed by atoms with van der Waals surface area (Å²) in [6.45, 7) is 9.41. The third-order valence-electron chi connectivity index (χ3n) is 3.89. The van der Waals surface area contributed by atoms with Crippen molar-refractivity contribution < 1.29 is 4.79 Å². The van der Waals surface area contributed by atoms with Gasteiger partial charge in [0.1, 0.15) is 0 Å². The highest BCUT2D eigenvalue weighted by Gasteiger charge is 2.34. The van der Waals surface area contributed by atoms with E-state index >= 15 is 0 Å². The Labute approximate surface area is 99.4 Å². The largest absolute Gasteiger partial charge is 0.338 e. The molecule has 0 aromatic carbocycles. The van der Waals surface area contributed by atoms with Crippen molar-refractivity contribution in [2.45, 2.75) is 59.0 Å². The molecule has 0 saturated carbocycles. The van der Waals surface area contributed by atoms with Gasteiger partial charge in [0.25, 0.3) is 0 Å². The van der Waals surface area contributed by atoms with Crippen LogP contribution in [0.25, 0.3) is 0 Å². The SMILES string of the molecule is CCC(C)C(N)C(=O)N1CCCC1C(C)C. The zero-order chi connectivity index (χ0) is 12.3. The van der Waals surface area contributed by atoms with Gasteiger partial charge in [-0.25, -0.2) is 0 Å². The van der Waals surface area contributed by atoms with Crippen LogP contribution in [0.4, 0.5) is 0 Å². The molecule has 3 atom stereocenters. The molecule has 0 aliphatic carbocycles. The zero-order valence-corrected chi connectivity index (χ0v) is 11.1. The maximum Gasteiger partial charge on any atom is 0.240 e. The Bertz CT molecular complexity index is 240. The van der Waals surface area contributed by atoms with E-state index in [4.69, 9.17) is 5.73 Å². The van der Waals surface area contributed by atoms with Crippen LogP contribution in [0.3, 0.4) is 0 Å². The van der Waals surface area contributed by atoms with Crippen LogP contribution in [0.2, 0.25) is 0 Å². The first-order valence-corrected chi connectivity index (χ1v) is 6.55. The molecule has 3 unspecified atom stereocenters. The van der Waals surface area contributed by atoms with E-state index in [1.807, 2.05) is 4.90 Å². The van der Waals surface area contributed by atoms with Gasteiger partial charge in [-0.05, 0) is 24.7 Å². The number of amides is 1. The van der Waals surface area contributed by atoms with Crippen molar-refractivity contribution in [3.05, 3.63) is 0 Å². The fraction of sp³-hybridized carbons (Fsp3) is 0.923. The highest BCUT2D eigenvalue weighted by Crippen LogP contribution is 2.25. The molecule has 3 heteroatoms. The molecule has 0 aromatic rings. The summed E-state index contributed by atoms with van der Waals surface area (Å²) in [5.74, 6) is 0.974. The van der Waals surface area contributed by atoms with Gasteiger partial charge in [0.05, 0.1) is 6.04 Å². The Balaban J connectivity index is 2.65. The molecule has 0 radical (unpaired) electrons. The number of likely N-dealkylation sites (tertiary alicyclic amines) is 1. The quantitative estimate of drug-likeness (QED) is 0.797. The predicted molar refractivity (Wildman–Crippen MR) is 67.0 cm³/mol. The Hall–Kier alpha value is -0.570. The summed E-state index contributed by atoms with van der Waals surface area (Å²) in [6.07, 6.45) is 3.23. The van der Waals surface area contributed by atoms with Crippen LogP contribution >= 0.6 is 0 Å². The first kappa shape index (κ1) is 13.5. The molecule has 0 spiro atoms. The van der Waals surface area contributed by atoms with Gasteiger partial charge in [-0.3, -0.25) is 4.79 Å². The molecule has 1 heterocycles. The minimum atomic E-state index is -0.315. The predicted octanol–water partition coefficient (Wildman–Crippen LogP) is 2.01. The third-order valence-corrected chi connectivity index (χ3v) is 3.89. The zero-order valence-electron chi connectivity index (χ0n) is 11.1. The topological polar surface area (TPSA) is 46.3 Å². The smallest absolute Gasteiger partial charge is 0.240 e. The number of carbonyl (C=O) groups excluding carboxylic acids is 1. The summed E-state index contributed by atoms with van der Waals surface area (Å²) < 4.78 is 0. The monoisotopic (exact) mass is 226 g/mol. The minimum absolute atomic E-state index is 0.158. The number of nitrogens with zero attached hydrogens (tertiary/aromatic N) is 1. The van der Waals surface area contributed by atoms with Crippen molar-refractivity contribution in [2.75, 3.05) is 6.54 Å². The standard InChI is InChI=1S/C13H26N2O/c1-5-10(4)12(14)13(16)15-8-6-7-11(15)9(2)3/h9-12H,5-8,14H2,1-4H3. The van der Waals surface area contributed by atoms with E-state index in [1.165, 1.54) is 0 Å². The van der Waals surface area contributed by atoms with E-state index in [1.54, 1.807) is 0 Å². The van der Waals surface area contributed by atoms with Gasteiger partial charge < -0.3 is 10.6 Å². The average molecular weight is 226 g/mol. The normalized spacial score (nSPS) is 24.9. The Kier molecular flexibility index (Phi) is 4.78. The molecule has 1 aliphatic rings. The molecule has 16 heavy (non-hydrogen) atoms. The number of carbonyl (C=O) groups is 1. The fourth-order valence-corrected chi connectivity index (χ4v) is 2.45. The number of rotatable bonds is 4. The van der Waals surface area contributed by atoms with Crippen molar-refractivity contribution in [1.29, 1.82) is 0 Å². The van der Waals surface area contributed by atoms with Crippen molar-refractivity contribution in [2.24, 2.45) is 17.6 Å². The van der Waals surface area contributed by atoms with E-state index in [-0.39, 0.29) is 17.9 Å². The Morgan fingerprint density at radius 2 is 2.06 bits per heavy atom. The maximum atomic E-state index is 12.3. The summed E-state index contributed by atoms with van der Waals surface area (Å²) in [7, 11) is 0. The van der Waals surface area contributed by atoms with E-state index < -0.39 is 0 Å². The molecular weight excluding hydrogens is 200 g/mol. The lowest BCUT2D eigenvalue weighted by molar-refractivity contribution is -0.135. The van der Waals surface area contributed by atoms with Crippen LogP contribution in [-0.4, -0.2) is 29.4 Å². The first-order valence-electron chi connectivity index (χ1n) is 6.55. The van der Waals surface area contributed by atoms with Crippen molar-refractivity contribution in [3.8, 4) is 0 Å². The summed E-state index contributed by atoms with van der Waals surface area (Å²) >= 11 is 0. The molecule has 1 rings (SSSR count). The average Bonchev–Trinajstić information content (AvgIpc) is 2.74. The van der Waals surface area contributed by atoms with Gasteiger partial charge in [-0.2, -0.15) is 0 Å². The molecule has 0 bridgehead atoms. The van der Waals surface area contributed by atoms with Crippen LogP contribution in [0.15, 0.2) is 0 Å². The Morgan fingerprint density at radius 3 is 2.56 bits per heavy atom. The number of nitrogens with two attached hydrogens (primary N) is 1. The summed E-state index contributed by atoms with van der Waals surface area (Å²) in [5, 5.41) is 0. The molecule has 1 fully saturated rings. The molecular formula is C13H26N2O. The van der Waals surface area contributed by atoms with Gasteiger partial charge in [0.2, 0.25) is 5.91 Å². The number of hydrogen-bond acceptors (Lipinski definition) is 2.